The molecule has 0 heterocycles. The van der Waals surface area contributed by atoms with E-state index < -0.39 is 0 Å². The van der Waals surface area contributed by atoms with Crippen molar-refractivity contribution < 1.29 is 14.4 Å². The Morgan fingerprint density at radius 3 is 2.56 bits per heavy atom. The van der Waals surface area contributed by atoms with Crippen molar-refractivity contribution in [1.29, 1.82) is 0 Å². The van der Waals surface area contributed by atoms with Crippen molar-refractivity contribution in [3.8, 4) is 0 Å². The van der Waals surface area contributed by atoms with Gasteiger partial charge < -0.3 is 14.9 Å². The number of fused-ring (bicyclic) bond motifs is 5. The Kier molecular flexibility index (Phi) is 8.38. The predicted molar refractivity (Wildman–Crippen MR) is 149 cm³/mol. The lowest BCUT2D eigenvalue weighted by atomic mass is 9.47. The first kappa shape index (κ1) is 28.1. The van der Waals surface area contributed by atoms with Crippen LogP contribution in [0.4, 0.5) is 0 Å². The van der Waals surface area contributed by atoms with Crippen molar-refractivity contribution in [1.82, 2.24) is 5.32 Å². The molecule has 3 fully saturated rings. The van der Waals surface area contributed by atoms with Crippen LogP contribution in [0.15, 0.2) is 11.6 Å². The third-order valence-electron chi connectivity index (χ3n) is 11.5. The highest BCUT2D eigenvalue weighted by Gasteiger charge is 2.59. The zero-order valence-electron chi connectivity index (χ0n) is 24.6. The molecule has 0 aliphatic heterocycles. The largest absolute Gasteiger partial charge is 0.393 e. The number of carbonyl (C=O) groups excluding carboxylic acids is 1. The van der Waals surface area contributed by atoms with Gasteiger partial charge in [0.15, 0.2) is 6.67 Å². The number of rotatable bonds is 9. The number of aliphatic hydroxyl groups excluding tert-OH is 1. The van der Waals surface area contributed by atoms with E-state index in [1.165, 1.54) is 51.4 Å². The smallest absolute Gasteiger partial charge is 0.224 e. The first-order chi connectivity index (χ1) is 16.8. The number of hydrogen-bond acceptors (Lipinski definition) is 2. The summed E-state index contributed by atoms with van der Waals surface area (Å²) in [6.45, 7) is 10.7. The quantitative estimate of drug-likeness (QED) is 0.214. The normalized spacial score (nSPS) is 39.9. The van der Waals surface area contributed by atoms with Crippen LogP contribution in [0.1, 0.15) is 105 Å². The zero-order chi connectivity index (χ0) is 26.3. The van der Waals surface area contributed by atoms with Gasteiger partial charge in [-0.1, -0.05) is 58.6 Å². The van der Waals surface area contributed by atoms with E-state index >= 15 is 0 Å². The van der Waals surface area contributed by atoms with Gasteiger partial charge in [0.25, 0.3) is 0 Å². The molecule has 36 heavy (non-hydrogen) atoms. The standard InChI is InChI=1S/C32H56N2O2/c1-22(19-30(36)33-21-34(5,6)7)9-8-10-23(2)27-13-14-28-26-12-11-24-20-25(35)15-17-31(24,3)29(26)16-18-32(27,28)4/h11,22-23,25-29,35H,8-10,12-21H2,1-7H3/p+1/t22?,23?,25-,26-,27+,28-,29-,31-,32+/m0/s1. The van der Waals surface area contributed by atoms with E-state index in [1.807, 2.05) is 0 Å². The van der Waals surface area contributed by atoms with Crippen LogP contribution < -0.4 is 5.32 Å². The van der Waals surface area contributed by atoms with E-state index in [2.05, 4.69) is 60.2 Å². The molecule has 4 nitrogen and oxygen atoms in total. The first-order valence-electron chi connectivity index (χ1n) is 15.3. The molecular formula is C32H57N2O2+. The number of nitrogens with zero attached hydrogens (tertiary/aromatic N) is 1. The Labute approximate surface area is 222 Å². The summed E-state index contributed by atoms with van der Waals surface area (Å²) in [7, 11) is 6.32. The lowest BCUT2D eigenvalue weighted by Crippen LogP contribution is -2.50. The van der Waals surface area contributed by atoms with Crippen LogP contribution in [0.2, 0.25) is 0 Å². The summed E-state index contributed by atoms with van der Waals surface area (Å²) in [6, 6.07) is 0. The highest BCUT2D eigenvalue weighted by atomic mass is 16.3. The summed E-state index contributed by atoms with van der Waals surface area (Å²) < 4.78 is 0.764. The van der Waals surface area contributed by atoms with E-state index in [1.54, 1.807) is 5.57 Å². The van der Waals surface area contributed by atoms with Crippen molar-refractivity contribution in [2.45, 2.75) is 111 Å². The third-order valence-corrected chi connectivity index (χ3v) is 11.5. The average Bonchev–Trinajstić information content (AvgIpc) is 3.15. The molecule has 0 aromatic carbocycles. The molecule has 206 valence electrons. The van der Waals surface area contributed by atoms with E-state index in [0.29, 0.717) is 29.8 Å². The second-order valence-corrected chi connectivity index (χ2v) is 15.2. The summed E-state index contributed by atoms with van der Waals surface area (Å²) in [5, 5.41) is 13.4. The van der Waals surface area contributed by atoms with Gasteiger partial charge in [-0.05, 0) is 97.7 Å². The molecule has 0 saturated heterocycles. The summed E-state index contributed by atoms with van der Waals surface area (Å²) >= 11 is 0. The summed E-state index contributed by atoms with van der Waals surface area (Å²) in [4.78, 5) is 12.3. The molecule has 0 radical (unpaired) electrons. The van der Waals surface area contributed by atoms with Crippen LogP contribution in [-0.4, -0.2) is 49.4 Å². The van der Waals surface area contributed by atoms with Gasteiger partial charge in [0, 0.05) is 6.42 Å². The molecule has 3 saturated carbocycles. The lowest BCUT2D eigenvalue weighted by molar-refractivity contribution is -0.872. The monoisotopic (exact) mass is 501 g/mol. The Bertz CT molecular complexity index is 815. The van der Waals surface area contributed by atoms with Crippen LogP contribution in [0.5, 0.6) is 0 Å². The van der Waals surface area contributed by atoms with Crippen LogP contribution in [0, 0.1) is 46.3 Å². The van der Waals surface area contributed by atoms with Crippen molar-refractivity contribution in [3.63, 3.8) is 0 Å². The molecule has 4 rings (SSSR count). The minimum Gasteiger partial charge on any atom is -0.393 e. The maximum atomic E-state index is 12.3. The number of allylic oxidation sites excluding steroid dienone is 1. The summed E-state index contributed by atoms with van der Waals surface area (Å²) in [6.07, 6.45) is 16.9. The SMILES string of the molecule is CC(CCCC(C)[C@H]1CC[C@H]2[C@@H]3CC=C4C[C@@H](O)CC[C@]4(C)[C@H]3CC[C@]12C)CC(=O)NC[N+](C)(C)C. The van der Waals surface area contributed by atoms with Crippen molar-refractivity contribution >= 4 is 5.91 Å². The van der Waals surface area contributed by atoms with Gasteiger partial charge in [-0.25, -0.2) is 0 Å². The number of nitrogens with one attached hydrogen (secondary N) is 1. The molecule has 4 heteroatoms. The van der Waals surface area contributed by atoms with Gasteiger partial charge in [0.05, 0.1) is 27.2 Å². The molecule has 1 amide bonds. The predicted octanol–water partition coefficient (Wildman–Crippen LogP) is 6.54. The Morgan fingerprint density at radius 2 is 1.83 bits per heavy atom. The second-order valence-electron chi connectivity index (χ2n) is 15.2. The molecule has 0 aromatic rings. The van der Waals surface area contributed by atoms with Gasteiger partial charge in [-0.15, -0.1) is 0 Å². The highest BCUT2D eigenvalue weighted by molar-refractivity contribution is 5.75. The van der Waals surface area contributed by atoms with Crippen LogP contribution in [0.25, 0.3) is 0 Å². The molecule has 9 atom stereocenters. The third kappa shape index (κ3) is 5.75. The molecule has 0 spiro atoms. The molecule has 0 bridgehead atoms. The number of aliphatic hydroxyl groups is 1. The maximum Gasteiger partial charge on any atom is 0.224 e. The topological polar surface area (TPSA) is 49.3 Å². The van der Waals surface area contributed by atoms with E-state index in [0.717, 1.165) is 53.3 Å². The molecule has 2 N–H and O–H groups in total. The van der Waals surface area contributed by atoms with Crippen molar-refractivity contribution in [2.75, 3.05) is 27.8 Å². The molecule has 4 aliphatic carbocycles. The number of quaternary nitrogens is 1. The number of hydrogen-bond donors (Lipinski definition) is 2. The van der Waals surface area contributed by atoms with Crippen molar-refractivity contribution in [2.24, 2.45) is 46.3 Å². The van der Waals surface area contributed by atoms with E-state index in [9.17, 15) is 9.90 Å². The van der Waals surface area contributed by atoms with Crippen LogP contribution in [0.3, 0.4) is 0 Å². The fraction of sp³-hybridized carbons (Fsp3) is 0.906. The zero-order valence-corrected chi connectivity index (χ0v) is 24.6. The second kappa shape index (κ2) is 10.7. The number of amides is 1. The van der Waals surface area contributed by atoms with Gasteiger partial charge in [-0.3, -0.25) is 4.79 Å². The maximum absolute atomic E-state index is 12.3. The average molecular weight is 502 g/mol. The van der Waals surface area contributed by atoms with Crippen molar-refractivity contribution in [3.05, 3.63) is 11.6 Å². The van der Waals surface area contributed by atoms with Gasteiger partial charge in [-0.2, -0.15) is 0 Å². The summed E-state index contributed by atoms with van der Waals surface area (Å²) in [5.41, 5.74) is 2.45. The van der Waals surface area contributed by atoms with E-state index in [-0.39, 0.29) is 12.0 Å². The summed E-state index contributed by atoms with van der Waals surface area (Å²) in [5.74, 6) is 4.89. The Balaban J connectivity index is 1.29. The molecule has 4 aliphatic rings. The first-order valence-corrected chi connectivity index (χ1v) is 15.3. The van der Waals surface area contributed by atoms with Gasteiger partial charge in [0.1, 0.15) is 0 Å². The highest BCUT2D eigenvalue weighted by Crippen LogP contribution is 2.67. The molecular weight excluding hydrogens is 444 g/mol. The van der Waals surface area contributed by atoms with Gasteiger partial charge >= 0.3 is 0 Å². The fourth-order valence-electron chi connectivity index (χ4n) is 9.42. The van der Waals surface area contributed by atoms with E-state index in [4.69, 9.17) is 0 Å². The Morgan fingerprint density at radius 1 is 1.08 bits per heavy atom. The lowest BCUT2D eigenvalue weighted by Gasteiger charge is -2.58. The minimum absolute atomic E-state index is 0.105. The Hall–Kier alpha value is -0.870. The minimum atomic E-state index is -0.105. The van der Waals surface area contributed by atoms with Crippen LogP contribution >= 0.6 is 0 Å². The van der Waals surface area contributed by atoms with Gasteiger partial charge in [0.2, 0.25) is 5.91 Å². The molecule has 0 aromatic heterocycles. The number of carbonyl (C=O) groups is 1. The molecule has 2 unspecified atom stereocenters. The fourth-order valence-corrected chi connectivity index (χ4v) is 9.42. The van der Waals surface area contributed by atoms with Crippen LogP contribution in [-0.2, 0) is 4.79 Å².